The van der Waals surface area contributed by atoms with Gasteiger partial charge in [-0.2, -0.15) is 0 Å². The normalized spacial score (nSPS) is 19.7. The standard InChI is InChI=1S/C17H26N4O2S/c1-3-4-15-5-7-16(8-6-15)24(22,23)21-10-9-18-17(21)20-13-11-19(2)12-14-20/h5-8H,3-4,9-14H2,1-2H3. The van der Waals surface area contributed by atoms with Gasteiger partial charge in [0.05, 0.1) is 18.0 Å². The zero-order valence-electron chi connectivity index (χ0n) is 14.5. The molecule has 0 spiro atoms. The molecular weight excluding hydrogens is 324 g/mol. The second-order valence-electron chi connectivity index (χ2n) is 6.44. The number of aliphatic imine (C=N–C) groups is 1. The second-order valence-corrected chi connectivity index (χ2v) is 8.31. The molecule has 3 rings (SSSR count). The molecule has 0 saturated carbocycles. The van der Waals surface area contributed by atoms with Crippen LogP contribution in [0.5, 0.6) is 0 Å². The van der Waals surface area contributed by atoms with Crippen molar-refractivity contribution in [2.24, 2.45) is 4.99 Å². The topological polar surface area (TPSA) is 56.2 Å². The van der Waals surface area contributed by atoms with Crippen molar-refractivity contribution in [2.45, 2.75) is 24.7 Å². The van der Waals surface area contributed by atoms with E-state index in [0.29, 0.717) is 23.9 Å². The number of rotatable bonds is 4. The van der Waals surface area contributed by atoms with Crippen molar-refractivity contribution in [3.05, 3.63) is 29.8 Å². The van der Waals surface area contributed by atoms with Gasteiger partial charge in [-0.1, -0.05) is 25.5 Å². The Hall–Kier alpha value is -1.60. The summed E-state index contributed by atoms with van der Waals surface area (Å²) in [6.45, 7) is 6.58. The van der Waals surface area contributed by atoms with Gasteiger partial charge in [0.15, 0.2) is 0 Å². The third-order valence-corrected chi connectivity index (χ3v) is 6.41. The largest absolute Gasteiger partial charge is 0.339 e. The Bertz CT molecular complexity index is 692. The molecule has 2 heterocycles. The second kappa shape index (κ2) is 7.11. The number of hydrogen-bond donors (Lipinski definition) is 0. The zero-order chi connectivity index (χ0) is 17.2. The van der Waals surface area contributed by atoms with E-state index in [2.05, 4.69) is 28.8 Å². The van der Waals surface area contributed by atoms with Crippen LogP contribution in [0.1, 0.15) is 18.9 Å². The molecule has 24 heavy (non-hydrogen) atoms. The van der Waals surface area contributed by atoms with Gasteiger partial charge >= 0.3 is 0 Å². The van der Waals surface area contributed by atoms with Gasteiger partial charge in [0, 0.05) is 26.2 Å². The van der Waals surface area contributed by atoms with E-state index in [0.717, 1.165) is 39.0 Å². The van der Waals surface area contributed by atoms with Crippen molar-refractivity contribution >= 4 is 16.0 Å². The molecular formula is C17H26N4O2S. The quantitative estimate of drug-likeness (QED) is 0.820. The first kappa shape index (κ1) is 17.2. The number of benzene rings is 1. The van der Waals surface area contributed by atoms with Crippen LogP contribution in [-0.4, -0.2) is 74.8 Å². The molecule has 0 aliphatic carbocycles. The van der Waals surface area contributed by atoms with Gasteiger partial charge in [-0.05, 0) is 31.2 Å². The van der Waals surface area contributed by atoms with Crippen LogP contribution in [0.25, 0.3) is 0 Å². The highest BCUT2D eigenvalue weighted by Crippen LogP contribution is 2.21. The van der Waals surface area contributed by atoms with Crippen molar-refractivity contribution < 1.29 is 8.42 Å². The minimum absolute atomic E-state index is 0.353. The summed E-state index contributed by atoms with van der Waals surface area (Å²) >= 11 is 0. The van der Waals surface area contributed by atoms with E-state index in [1.165, 1.54) is 9.87 Å². The summed E-state index contributed by atoms with van der Waals surface area (Å²) in [5, 5.41) is 0. The summed E-state index contributed by atoms with van der Waals surface area (Å²) in [5.74, 6) is 0.612. The van der Waals surface area contributed by atoms with Crippen LogP contribution in [0, 0.1) is 0 Å². The summed E-state index contributed by atoms with van der Waals surface area (Å²) in [4.78, 5) is 9.17. The lowest BCUT2D eigenvalue weighted by molar-refractivity contribution is 0.208. The summed E-state index contributed by atoms with van der Waals surface area (Å²) in [5.41, 5.74) is 1.17. The van der Waals surface area contributed by atoms with E-state index in [4.69, 9.17) is 0 Å². The minimum atomic E-state index is -3.54. The number of sulfonamides is 1. The third kappa shape index (κ3) is 3.42. The van der Waals surface area contributed by atoms with Crippen molar-refractivity contribution in [1.29, 1.82) is 0 Å². The molecule has 0 radical (unpaired) electrons. The van der Waals surface area contributed by atoms with Crippen LogP contribution in [-0.2, 0) is 16.4 Å². The molecule has 0 atom stereocenters. The first-order valence-corrected chi connectivity index (χ1v) is 10.1. The molecule has 1 aromatic rings. The maximum absolute atomic E-state index is 13.0. The number of aryl methyl sites for hydroxylation is 1. The van der Waals surface area contributed by atoms with Crippen LogP contribution in [0.3, 0.4) is 0 Å². The van der Waals surface area contributed by atoms with E-state index in [-0.39, 0.29) is 0 Å². The smallest absolute Gasteiger partial charge is 0.266 e. The van der Waals surface area contributed by atoms with Gasteiger partial charge in [-0.15, -0.1) is 0 Å². The lowest BCUT2D eigenvalue weighted by Crippen LogP contribution is -2.52. The van der Waals surface area contributed by atoms with Gasteiger partial charge in [-0.3, -0.25) is 4.99 Å². The Morgan fingerprint density at radius 2 is 1.71 bits per heavy atom. The van der Waals surface area contributed by atoms with Crippen LogP contribution >= 0.6 is 0 Å². The molecule has 1 fully saturated rings. The molecule has 1 aromatic carbocycles. The van der Waals surface area contributed by atoms with Gasteiger partial charge in [0.2, 0.25) is 5.96 Å². The van der Waals surface area contributed by atoms with Gasteiger partial charge < -0.3 is 9.80 Å². The average molecular weight is 350 g/mol. The monoisotopic (exact) mass is 350 g/mol. The predicted molar refractivity (Wildman–Crippen MR) is 95.7 cm³/mol. The number of guanidine groups is 1. The average Bonchev–Trinajstić information content (AvgIpc) is 3.07. The number of nitrogens with zero attached hydrogens (tertiary/aromatic N) is 4. The van der Waals surface area contributed by atoms with Crippen molar-refractivity contribution in [2.75, 3.05) is 46.3 Å². The fourth-order valence-electron chi connectivity index (χ4n) is 3.16. The highest BCUT2D eigenvalue weighted by molar-refractivity contribution is 7.89. The molecule has 7 heteroatoms. The van der Waals surface area contributed by atoms with Gasteiger partial charge in [-0.25, -0.2) is 12.7 Å². The maximum Gasteiger partial charge on any atom is 0.266 e. The molecule has 0 N–H and O–H groups in total. The van der Waals surface area contributed by atoms with E-state index in [9.17, 15) is 8.42 Å². The Kier molecular flexibility index (Phi) is 5.10. The number of hydrogen-bond acceptors (Lipinski definition) is 5. The maximum atomic E-state index is 13.0. The molecule has 0 unspecified atom stereocenters. The lowest BCUT2D eigenvalue weighted by Gasteiger charge is -2.36. The number of piperazine rings is 1. The Labute approximate surface area is 144 Å². The van der Waals surface area contributed by atoms with Crippen LogP contribution < -0.4 is 0 Å². The third-order valence-electron chi connectivity index (χ3n) is 4.62. The number of likely N-dealkylation sites (N-methyl/N-ethyl adjacent to an activating group) is 1. The van der Waals surface area contributed by atoms with Crippen LogP contribution in [0.4, 0.5) is 0 Å². The first-order chi connectivity index (χ1) is 11.5. The first-order valence-electron chi connectivity index (χ1n) is 8.62. The summed E-state index contributed by atoms with van der Waals surface area (Å²) < 4.78 is 27.5. The molecule has 0 bridgehead atoms. The summed E-state index contributed by atoms with van der Waals surface area (Å²) in [7, 11) is -1.45. The van der Waals surface area contributed by atoms with Crippen LogP contribution in [0.2, 0.25) is 0 Å². The Morgan fingerprint density at radius 1 is 1.04 bits per heavy atom. The van der Waals surface area contributed by atoms with E-state index in [1.807, 2.05) is 12.1 Å². The fraction of sp³-hybridized carbons (Fsp3) is 0.588. The predicted octanol–water partition coefficient (Wildman–Crippen LogP) is 1.25. The molecule has 2 aliphatic rings. The highest BCUT2D eigenvalue weighted by atomic mass is 32.2. The SMILES string of the molecule is CCCc1ccc(S(=O)(=O)N2CCN=C2N2CCN(C)CC2)cc1. The van der Waals surface area contributed by atoms with E-state index >= 15 is 0 Å². The molecule has 132 valence electrons. The Morgan fingerprint density at radius 3 is 2.33 bits per heavy atom. The van der Waals surface area contributed by atoms with Crippen molar-refractivity contribution in [1.82, 2.24) is 14.1 Å². The lowest BCUT2D eigenvalue weighted by atomic mass is 10.1. The summed E-state index contributed by atoms with van der Waals surface area (Å²) in [6.07, 6.45) is 2.02. The molecule has 1 saturated heterocycles. The van der Waals surface area contributed by atoms with Crippen LogP contribution in [0.15, 0.2) is 34.2 Å². The zero-order valence-corrected chi connectivity index (χ0v) is 15.3. The molecule has 0 amide bonds. The highest BCUT2D eigenvalue weighted by Gasteiger charge is 2.34. The minimum Gasteiger partial charge on any atom is -0.339 e. The molecule has 0 aromatic heterocycles. The molecule has 6 nitrogen and oxygen atoms in total. The molecule has 2 aliphatic heterocycles. The Balaban J connectivity index is 1.79. The van der Waals surface area contributed by atoms with Gasteiger partial charge in [0.1, 0.15) is 0 Å². The summed E-state index contributed by atoms with van der Waals surface area (Å²) in [6, 6.07) is 7.28. The van der Waals surface area contributed by atoms with Crippen molar-refractivity contribution in [3.8, 4) is 0 Å². The van der Waals surface area contributed by atoms with E-state index < -0.39 is 10.0 Å². The fourth-order valence-corrected chi connectivity index (χ4v) is 4.60. The van der Waals surface area contributed by atoms with E-state index in [1.54, 1.807) is 12.1 Å². The van der Waals surface area contributed by atoms with Gasteiger partial charge in [0.25, 0.3) is 10.0 Å². The van der Waals surface area contributed by atoms with Crippen molar-refractivity contribution in [3.63, 3.8) is 0 Å².